The maximum atomic E-state index is 12.8. The zero-order valence-electron chi connectivity index (χ0n) is 17.4. The van der Waals surface area contributed by atoms with E-state index in [4.69, 9.17) is 9.47 Å². The number of benzene rings is 2. The fraction of sp³-hybridized carbons (Fsp3) is 0.364. The maximum absolute atomic E-state index is 12.8. The number of ether oxygens (including phenoxy) is 2. The first-order chi connectivity index (χ1) is 14.0. The van der Waals surface area contributed by atoms with Gasteiger partial charge in [-0.05, 0) is 18.2 Å². The Morgan fingerprint density at radius 1 is 1.13 bits per heavy atom. The first kappa shape index (κ1) is 23.5. The summed E-state index contributed by atoms with van der Waals surface area (Å²) >= 11 is 0. The molecule has 1 unspecified atom stereocenters. The lowest BCUT2D eigenvalue weighted by atomic mass is 10.1. The molecule has 7 nitrogen and oxygen atoms in total. The molecule has 2 amide bonds. The first-order valence-corrected chi connectivity index (χ1v) is 9.68. The van der Waals surface area contributed by atoms with Gasteiger partial charge in [0.05, 0.1) is 25.8 Å². The first-order valence-electron chi connectivity index (χ1n) is 9.68. The van der Waals surface area contributed by atoms with Crippen molar-refractivity contribution in [2.24, 2.45) is 5.92 Å². The van der Waals surface area contributed by atoms with Crippen molar-refractivity contribution in [3.05, 3.63) is 48.0 Å². The van der Waals surface area contributed by atoms with Gasteiger partial charge in [0.2, 0.25) is 11.8 Å². The minimum atomic E-state index is -0.424. The van der Waals surface area contributed by atoms with Crippen LogP contribution in [0, 0.1) is 5.92 Å². The van der Waals surface area contributed by atoms with Crippen molar-refractivity contribution in [2.45, 2.75) is 19.9 Å². The Balaban J connectivity index is 0.00000320. The molecule has 2 aromatic carbocycles. The van der Waals surface area contributed by atoms with Crippen LogP contribution in [0.1, 0.15) is 18.9 Å². The lowest BCUT2D eigenvalue weighted by Crippen LogP contribution is -2.28. The number of carbonyl (C=O) groups excluding carboxylic acids is 2. The summed E-state index contributed by atoms with van der Waals surface area (Å²) in [6.07, 6.45) is 0.167. The van der Waals surface area contributed by atoms with Gasteiger partial charge < -0.3 is 25.0 Å². The second kappa shape index (κ2) is 10.8. The van der Waals surface area contributed by atoms with Crippen LogP contribution in [0.15, 0.2) is 42.5 Å². The van der Waals surface area contributed by atoms with Gasteiger partial charge in [0.25, 0.3) is 0 Å². The SMILES string of the molecule is CCNCc1ccccc1NC(=O)C1CC(=O)N(c2cc(OC)cc(OC)c2)C1.Cl. The summed E-state index contributed by atoms with van der Waals surface area (Å²) in [6.45, 7) is 3.87. The number of anilines is 2. The number of carbonyl (C=O) groups is 2. The van der Waals surface area contributed by atoms with Crippen molar-refractivity contribution in [1.82, 2.24) is 5.32 Å². The zero-order valence-corrected chi connectivity index (χ0v) is 18.3. The summed E-state index contributed by atoms with van der Waals surface area (Å²) < 4.78 is 10.6. The van der Waals surface area contributed by atoms with Gasteiger partial charge >= 0.3 is 0 Å². The molecule has 2 N–H and O–H groups in total. The van der Waals surface area contributed by atoms with E-state index in [1.807, 2.05) is 31.2 Å². The van der Waals surface area contributed by atoms with Crippen molar-refractivity contribution in [3.8, 4) is 11.5 Å². The Morgan fingerprint density at radius 3 is 2.43 bits per heavy atom. The van der Waals surface area contributed by atoms with Crippen LogP contribution in [0.4, 0.5) is 11.4 Å². The Kier molecular flexibility index (Phi) is 8.50. The highest BCUT2D eigenvalue weighted by atomic mass is 35.5. The molecule has 0 saturated carbocycles. The smallest absolute Gasteiger partial charge is 0.229 e. The number of hydrogen-bond acceptors (Lipinski definition) is 5. The van der Waals surface area contributed by atoms with Gasteiger partial charge in [0.1, 0.15) is 11.5 Å². The van der Waals surface area contributed by atoms with Crippen molar-refractivity contribution in [3.63, 3.8) is 0 Å². The highest BCUT2D eigenvalue weighted by molar-refractivity contribution is 6.03. The van der Waals surface area contributed by atoms with Gasteiger partial charge in [-0.25, -0.2) is 0 Å². The maximum Gasteiger partial charge on any atom is 0.229 e. The number of halogens is 1. The molecule has 0 spiro atoms. The Bertz CT molecular complexity index is 868. The molecule has 1 fully saturated rings. The van der Waals surface area contributed by atoms with E-state index in [2.05, 4.69) is 10.6 Å². The van der Waals surface area contributed by atoms with E-state index in [0.29, 0.717) is 30.3 Å². The van der Waals surface area contributed by atoms with Crippen LogP contribution in [0.5, 0.6) is 11.5 Å². The molecule has 8 heteroatoms. The summed E-state index contributed by atoms with van der Waals surface area (Å²) in [5.74, 6) is 0.516. The molecule has 2 aromatic rings. The molecule has 1 saturated heterocycles. The third-order valence-corrected chi connectivity index (χ3v) is 4.98. The monoisotopic (exact) mass is 433 g/mol. The molecule has 1 atom stereocenters. The molecule has 0 aliphatic carbocycles. The average molecular weight is 434 g/mol. The number of hydrogen-bond donors (Lipinski definition) is 2. The van der Waals surface area contributed by atoms with E-state index in [1.54, 1.807) is 37.3 Å². The second-order valence-corrected chi connectivity index (χ2v) is 6.90. The summed E-state index contributed by atoms with van der Waals surface area (Å²) in [5, 5.41) is 6.26. The molecule has 1 aliphatic heterocycles. The van der Waals surface area contributed by atoms with Crippen LogP contribution in [-0.2, 0) is 16.1 Å². The van der Waals surface area contributed by atoms with Gasteiger partial charge in [-0.3, -0.25) is 9.59 Å². The number of para-hydroxylation sites is 1. The van der Waals surface area contributed by atoms with Crippen molar-refractivity contribution in [1.29, 1.82) is 0 Å². The predicted octanol–water partition coefficient (Wildman–Crippen LogP) is 3.23. The Hall–Kier alpha value is -2.77. The largest absolute Gasteiger partial charge is 0.497 e. The molecule has 0 bridgehead atoms. The fourth-order valence-corrected chi connectivity index (χ4v) is 3.37. The topological polar surface area (TPSA) is 79.9 Å². The lowest BCUT2D eigenvalue weighted by molar-refractivity contribution is -0.122. The third-order valence-electron chi connectivity index (χ3n) is 4.98. The molecular weight excluding hydrogens is 406 g/mol. The lowest BCUT2D eigenvalue weighted by Gasteiger charge is -2.19. The van der Waals surface area contributed by atoms with Gasteiger partial charge in [0.15, 0.2) is 0 Å². The number of rotatable bonds is 8. The van der Waals surface area contributed by atoms with Gasteiger partial charge in [0, 0.05) is 43.4 Å². The molecule has 162 valence electrons. The number of nitrogens with zero attached hydrogens (tertiary/aromatic N) is 1. The van der Waals surface area contributed by atoms with E-state index in [-0.39, 0.29) is 30.6 Å². The quantitative estimate of drug-likeness (QED) is 0.668. The predicted molar refractivity (Wildman–Crippen MR) is 120 cm³/mol. The standard InChI is InChI=1S/C22H27N3O4.ClH/c1-4-23-13-15-7-5-6-8-20(15)24-22(27)16-9-21(26)25(14-16)17-10-18(28-2)12-19(11-17)29-3;/h5-8,10-12,16,23H,4,9,13-14H2,1-3H3,(H,24,27);1H. The summed E-state index contributed by atoms with van der Waals surface area (Å²) in [7, 11) is 3.12. The summed E-state index contributed by atoms with van der Waals surface area (Å²) in [4.78, 5) is 27.1. The van der Waals surface area contributed by atoms with E-state index in [1.165, 1.54) is 0 Å². The van der Waals surface area contributed by atoms with Crippen molar-refractivity contribution in [2.75, 3.05) is 37.5 Å². The van der Waals surface area contributed by atoms with E-state index >= 15 is 0 Å². The van der Waals surface area contributed by atoms with E-state index in [9.17, 15) is 9.59 Å². The van der Waals surface area contributed by atoms with Crippen LogP contribution in [0.3, 0.4) is 0 Å². The van der Waals surface area contributed by atoms with Crippen molar-refractivity contribution < 1.29 is 19.1 Å². The zero-order chi connectivity index (χ0) is 20.8. The highest BCUT2D eigenvalue weighted by Gasteiger charge is 2.35. The van der Waals surface area contributed by atoms with Gasteiger partial charge in [-0.1, -0.05) is 25.1 Å². The number of nitrogens with one attached hydrogen (secondary N) is 2. The Labute approximate surface area is 183 Å². The van der Waals surface area contributed by atoms with Crippen molar-refractivity contribution >= 4 is 35.6 Å². The van der Waals surface area contributed by atoms with E-state index in [0.717, 1.165) is 17.8 Å². The Morgan fingerprint density at radius 2 is 1.80 bits per heavy atom. The molecule has 3 rings (SSSR count). The molecular formula is C22H28ClN3O4. The minimum Gasteiger partial charge on any atom is -0.497 e. The second-order valence-electron chi connectivity index (χ2n) is 6.90. The summed E-state index contributed by atoms with van der Waals surface area (Å²) in [5.41, 5.74) is 2.45. The number of methoxy groups -OCH3 is 2. The molecule has 1 aliphatic rings. The molecule has 0 radical (unpaired) electrons. The molecule has 1 heterocycles. The summed E-state index contributed by atoms with van der Waals surface area (Å²) in [6, 6.07) is 13.0. The van der Waals surface area contributed by atoms with Crippen LogP contribution >= 0.6 is 12.4 Å². The normalized spacial score (nSPS) is 15.5. The molecule has 0 aromatic heterocycles. The minimum absolute atomic E-state index is 0. The van der Waals surface area contributed by atoms with Crippen LogP contribution < -0.4 is 25.0 Å². The fourth-order valence-electron chi connectivity index (χ4n) is 3.37. The molecule has 30 heavy (non-hydrogen) atoms. The average Bonchev–Trinajstić information content (AvgIpc) is 3.14. The van der Waals surface area contributed by atoms with Gasteiger partial charge in [-0.15, -0.1) is 12.4 Å². The highest BCUT2D eigenvalue weighted by Crippen LogP contribution is 2.32. The van der Waals surface area contributed by atoms with E-state index < -0.39 is 5.92 Å². The number of amides is 2. The van der Waals surface area contributed by atoms with Crippen LogP contribution in [0.2, 0.25) is 0 Å². The van der Waals surface area contributed by atoms with Gasteiger partial charge in [-0.2, -0.15) is 0 Å². The van der Waals surface area contributed by atoms with Crippen LogP contribution in [0.25, 0.3) is 0 Å². The third kappa shape index (κ3) is 5.43. The van der Waals surface area contributed by atoms with Crippen LogP contribution in [-0.4, -0.2) is 39.1 Å².